The van der Waals surface area contributed by atoms with Crippen molar-refractivity contribution in [2.24, 2.45) is 0 Å². The van der Waals surface area contributed by atoms with Gasteiger partial charge < -0.3 is 224 Å². The molecule has 107 heavy (non-hydrogen) atoms. The first-order valence-corrected chi connectivity index (χ1v) is 33.7. The number of aliphatic hydroxyl groups excluding tert-OH is 25. The van der Waals surface area contributed by atoms with Gasteiger partial charge in [0, 0.05) is 0 Å². The molecule has 45 atom stereocenters. The highest BCUT2D eigenvalue weighted by Gasteiger charge is 2.64. The minimum atomic E-state index is -6.21. The Morgan fingerprint density at radius 1 is 0.262 bits per heavy atom. The van der Waals surface area contributed by atoms with Crippen LogP contribution in [0.25, 0.3) is 0 Å². The maximum absolute atomic E-state index is 14.0. The number of ether oxygens (including phenoxy) is 17. The van der Waals surface area contributed by atoms with Crippen LogP contribution < -0.4 is 0 Å². The fourth-order valence-corrected chi connectivity index (χ4v) is 13.4. The molecule has 9 aliphatic heterocycles. The summed E-state index contributed by atoms with van der Waals surface area (Å²) in [4.78, 5) is 41.0. The Balaban J connectivity index is 1.13. The van der Waals surface area contributed by atoms with E-state index >= 15 is 0 Å². The largest absolute Gasteiger partial charge is 0.479 e. The predicted octanol–water partition coefficient (Wildman–Crippen LogP) is -20.5. The predicted molar refractivity (Wildman–Crippen MR) is 309 cm³/mol. The average molecular weight is 1600 g/mol. The van der Waals surface area contributed by atoms with Crippen molar-refractivity contribution in [2.45, 2.75) is 276 Å². The molecule has 0 unspecified atom stereocenters. The van der Waals surface area contributed by atoms with Crippen molar-refractivity contribution in [1.29, 1.82) is 0 Å². The SMILES string of the molecule is O=C(O)[C@H]1O[C@H](O[C@@H]2[C@H](O)[C@@H](O)[C@@H](O)O[C@@H]2CO)[C@H](OS(=O)(=O)O)[C@@H](O[C@@H]2O[C@H](C(=O)O)[C@@H](O[C@@H]3O[C@H](C(=O)O)[C@@H](O[C@H]4O[C@H](CO[C@@H]5O[C@H](CO)[C@@H](O)[C@H](O)[C@H]5O)[C@H](O)[C@H](O)[C@H]4O)[C@H](O)[C@H]3O[C@H]3O[C@H](CO)[C@@H](O)[C@H](O)[C@H]3O)[C@H](O[C@H]3O[C@H](CO)[C@@H](O)[C@H](O)[C@H]3O)[C@H]2O)[C@H]1O[C@@H]1O[C@H](CO)[C@@H](O)[C@H](O)[C@H]1O. The Labute approximate surface area is 598 Å². The molecule has 0 spiro atoms. The minimum Gasteiger partial charge on any atom is -0.479 e. The van der Waals surface area contributed by atoms with Crippen LogP contribution in [-0.2, 0) is 109 Å². The number of hydrogen-bond donors (Lipinski definition) is 29. The third-order valence-electron chi connectivity index (χ3n) is 18.9. The van der Waals surface area contributed by atoms with Crippen LogP contribution in [0.2, 0.25) is 0 Å². The lowest BCUT2D eigenvalue weighted by atomic mass is 9.94. The van der Waals surface area contributed by atoms with E-state index in [0.29, 0.717) is 0 Å². The molecule has 52 nitrogen and oxygen atoms in total. The van der Waals surface area contributed by atoms with Gasteiger partial charge in [-0.2, -0.15) is 8.42 Å². The summed E-state index contributed by atoms with van der Waals surface area (Å²) in [5.41, 5.74) is 0. The number of carboxylic acid groups (broad SMARTS) is 3. The van der Waals surface area contributed by atoms with Crippen LogP contribution in [0.5, 0.6) is 0 Å². The van der Waals surface area contributed by atoms with Gasteiger partial charge in [-0.25, -0.2) is 18.6 Å². The first kappa shape index (κ1) is 87.6. The first-order valence-electron chi connectivity index (χ1n) is 32.3. The molecule has 0 bridgehead atoms. The third kappa shape index (κ3) is 18.5. The molecule has 0 aliphatic carbocycles. The van der Waals surface area contributed by atoms with Gasteiger partial charge in [0.25, 0.3) is 0 Å². The quantitative estimate of drug-likeness (QED) is 0.0340. The van der Waals surface area contributed by atoms with Crippen LogP contribution in [0, 0.1) is 0 Å². The molecule has 9 aliphatic rings. The number of carboxylic acids is 3. The summed E-state index contributed by atoms with van der Waals surface area (Å²) in [5, 5.41) is 303. The summed E-state index contributed by atoms with van der Waals surface area (Å²) in [7, 11) is -6.21. The molecule has 0 amide bonds. The molecule has 29 N–H and O–H groups in total. The van der Waals surface area contributed by atoms with E-state index in [4.69, 9.17) is 84.7 Å². The zero-order chi connectivity index (χ0) is 79.2. The highest BCUT2D eigenvalue weighted by Crippen LogP contribution is 2.42. The van der Waals surface area contributed by atoms with Crippen molar-refractivity contribution in [2.75, 3.05) is 39.6 Å². The Kier molecular flexibility index (Phi) is 29.8. The minimum absolute atomic E-state index is 0.965. The Hall–Kier alpha value is -3.40. The smallest absolute Gasteiger partial charge is 0.397 e. The molecule has 0 aromatic carbocycles. The van der Waals surface area contributed by atoms with Crippen molar-refractivity contribution in [1.82, 2.24) is 0 Å². The van der Waals surface area contributed by atoms with Crippen LogP contribution in [-0.4, -0.2) is 490 Å². The topological polar surface area (TPSA) is 838 Å². The lowest BCUT2D eigenvalue weighted by Gasteiger charge is -2.52. The number of rotatable bonds is 27. The van der Waals surface area contributed by atoms with Gasteiger partial charge in [-0.05, 0) is 0 Å². The van der Waals surface area contributed by atoms with Crippen molar-refractivity contribution in [3.05, 3.63) is 0 Å². The second kappa shape index (κ2) is 36.4. The molecule has 9 rings (SSSR count). The molecule has 9 heterocycles. The van der Waals surface area contributed by atoms with Gasteiger partial charge in [-0.15, -0.1) is 0 Å². The normalized spacial score (nSPS) is 51.0. The molecular formula is C54H86O52S. The molecule has 0 aromatic rings. The maximum atomic E-state index is 14.0. The molecule has 9 fully saturated rings. The maximum Gasteiger partial charge on any atom is 0.397 e. The van der Waals surface area contributed by atoms with Crippen LogP contribution in [0.1, 0.15) is 0 Å². The van der Waals surface area contributed by atoms with Crippen molar-refractivity contribution < 1.29 is 255 Å². The summed E-state index contributed by atoms with van der Waals surface area (Å²) in [5.74, 6) is -7.05. The lowest BCUT2D eigenvalue weighted by Crippen LogP contribution is -2.71. The lowest BCUT2D eigenvalue weighted by molar-refractivity contribution is -0.414. The summed E-state index contributed by atoms with van der Waals surface area (Å²) in [6, 6.07) is 0. The van der Waals surface area contributed by atoms with E-state index in [2.05, 4.69) is 0 Å². The van der Waals surface area contributed by atoms with Crippen LogP contribution >= 0.6 is 0 Å². The highest BCUT2D eigenvalue weighted by molar-refractivity contribution is 7.80. The van der Waals surface area contributed by atoms with Gasteiger partial charge in [-0.1, -0.05) is 0 Å². The molecule has 0 saturated carbocycles. The standard InChI is InChI=1S/C54H86O52S/c55-1-7-13(60)18(65)25(72)47(91-7)89-6-12-17(64)22(69)29(76)51(95-12)97-33-30(77)35(99-49-27(74)20(67)15(62)9(3-57)93-49)53(104-39(33)43(79)80)102-36-34(98-48-26(73)19(66)14(61)8(2-56)92-48)31(78)52(103-40(36)44(81)82)101-38-37(100-50-28(75)21(68)16(63)10(4-58)94-50)41(45(83)84)105-54(42(38)106-107(86,87)88)96-32-11(5-59)90-46(85)24(71)23(32)70/h7-42,46-78,85H,1-6H2,(H,79,80)(H,81,82)(H,83,84)(H,86,87,88)/t7-,8-,9-,10-,11-,12-,13-,14-,15-,16-,17+,18+,19+,20+,21+,22+,23-,24-,25-,26-,27-,28-,29-,30+,31-,32+,33+,34-,35-,36+,37-,38+,39+,40+,41+,42-,46+,47-,48-,49-,50+,51-,52-,53-,54+/m1/s1. The summed E-state index contributed by atoms with van der Waals surface area (Å²) < 4.78 is 137. The van der Waals surface area contributed by atoms with Gasteiger partial charge in [-0.3, -0.25) is 4.55 Å². The zero-order valence-corrected chi connectivity index (χ0v) is 55.3. The number of aliphatic hydroxyl groups is 25. The number of hydrogen-bond acceptors (Lipinski definition) is 48. The zero-order valence-electron chi connectivity index (χ0n) is 54.5. The van der Waals surface area contributed by atoms with E-state index in [1.54, 1.807) is 0 Å². The van der Waals surface area contributed by atoms with Gasteiger partial charge >= 0.3 is 28.3 Å². The fourth-order valence-electron chi connectivity index (χ4n) is 13.0. The number of aliphatic carboxylic acids is 3. The second-order valence-corrected chi connectivity index (χ2v) is 26.9. The van der Waals surface area contributed by atoms with E-state index in [9.17, 15) is 170 Å². The van der Waals surface area contributed by atoms with Gasteiger partial charge in [0.15, 0.2) is 81.0 Å². The summed E-state index contributed by atoms with van der Waals surface area (Å²) >= 11 is 0. The van der Waals surface area contributed by atoms with E-state index in [1.807, 2.05) is 0 Å². The van der Waals surface area contributed by atoms with Gasteiger partial charge in [0.2, 0.25) is 0 Å². The van der Waals surface area contributed by atoms with E-state index in [-0.39, 0.29) is 0 Å². The third-order valence-corrected chi connectivity index (χ3v) is 19.3. The van der Waals surface area contributed by atoms with E-state index < -0.39 is 344 Å². The van der Waals surface area contributed by atoms with Gasteiger partial charge in [0.05, 0.1) is 39.6 Å². The Morgan fingerprint density at radius 3 is 0.972 bits per heavy atom. The van der Waals surface area contributed by atoms with E-state index in [0.717, 1.165) is 0 Å². The molecule has 53 heteroatoms. The monoisotopic (exact) mass is 1600 g/mol. The molecular weight excluding hydrogens is 1510 g/mol. The first-order chi connectivity index (χ1) is 50.2. The average Bonchev–Trinajstić information content (AvgIpc) is 0.749. The van der Waals surface area contributed by atoms with Crippen LogP contribution in [0.15, 0.2) is 0 Å². The van der Waals surface area contributed by atoms with Crippen molar-refractivity contribution in [3.63, 3.8) is 0 Å². The molecule has 620 valence electrons. The van der Waals surface area contributed by atoms with Crippen molar-refractivity contribution >= 4 is 28.3 Å². The van der Waals surface area contributed by atoms with E-state index in [1.165, 1.54) is 0 Å². The van der Waals surface area contributed by atoms with Crippen LogP contribution in [0.3, 0.4) is 0 Å². The highest BCUT2D eigenvalue weighted by atomic mass is 32.3. The molecule has 9 saturated heterocycles. The summed E-state index contributed by atoms with van der Waals surface area (Å²) in [6.45, 7) is -7.11. The molecule has 0 radical (unpaired) electrons. The van der Waals surface area contributed by atoms with Crippen LogP contribution in [0.4, 0.5) is 0 Å². The van der Waals surface area contributed by atoms with Gasteiger partial charge in [0.1, 0.15) is 195 Å². The summed E-state index contributed by atoms with van der Waals surface area (Å²) in [6.07, 6.45) is -114. The number of carbonyl (C=O) groups is 3. The van der Waals surface area contributed by atoms with Crippen molar-refractivity contribution in [3.8, 4) is 0 Å². The second-order valence-electron chi connectivity index (χ2n) is 25.8. The Morgan fingerprint density at radius 2 is 0.561 bits per heavy atom. The Bertz CT molecular complexity index is 2980. The fraction of sp³-hybridized carbons (Fsp3) is 0.944. The molecule has 0 aromatic heterocycles.